The number of hydrogen-bond acceptors (Lipinski definition) is 3. The molecule has 1 atom stereocenters. The molecule has 0 aliphatic rings. The number of nitrogens with zero attached hydrogens (tertiary/aromatic N) is 2. The molecule has 1 unspecified atom stereocenters. The molecule has 0 saturated heterocycles. The Labute approximate surface area is 110 Å². The lowest BCUT2D eigenvalue weighted by Crippen LogP contribution is -2.20. The molecule has 1 aromatic rings. The molecule has 3 heteroatoms. The Morgan fingerprint density at radius 2 is 2.18 bits per heavy atom. The van der Waals surface area contributed by atoms with Crippen molar-refractivity contribution in [1.29, 1.82) is 5.26 Å². The van der Waals surface area contributed by atoms with E-state index in [-0.39, 0.29) is 0 Å². The molecule has 2 nitrogen and oxygen atoms in total. The maximum absolute atomic E-state index is 8.85. The van der Waals surface area contributed by atoms with Crippen LogP contribution in [-0.2, 0) is 0 Å². The van der Waals surface area contributed by atoms with Gasteiger partial charge in [-0.2, -0.15) is 17.9 Å². The fourth-order valence-corrected chi connectivity index (χ4v) is 2.16. The fraction of sp³-hybridized carbons (Fsp3) is 0.500. The van der Waals surface area contributed by atoms with Crippen molar-refractivity contribution in [3.05, 3.63) is 29.8 Å². The van der Waals surface area contributed by atoms with Crippen LogP contribution in [0, 0.1) is 17.2 Å². The van der Waals surface area contributed by atoms with Crippen LogP contribution in [0.25, 0.3) is 0 Å². The van der Waals surface area contributed by atoms with E-state index in [0.717, 1.165) is 36.4 Å². The Hall–Kier alpha value is -1.14. The van der Waals surface area contributed by atoms with Gasteiger partial charge in [0.2, 0.25) is 0 Å². The lowest BCUT2D eigenvalue weighted by atomic mass is 10.0. The van der Waals surface area contributed by atoms with Crippen molar-refractivity contribution in [3.8, 4) is 6.07 Å². The van der Waals surface area contributed by atoms with Gasteiger partial charge in [0, 0.05) is 19.3 Å². The molecule has 92 valence electrons. The molecule has 0 aromatic heterocycles. The zero-order valence-corrected chi connectivity index (χ0v) is 11.5. The zero-order valence-electron chi connectivity index (χ0n) is 10.6. The first-order chi connectivity index (χ1) is 8.17. The third kappa shape index (κ3) is 4.70. The minimum atomic E-state index is 0.703. The van der Waals surface area contributed by atoms with Crippen LogP contribution in [0.15, 0.2) is 24.3 Å². The third-order valence-electron chi connectivity index (χ3n) is 3.00. The summed E-state index contributed by atoms with van der Waals surface area (Å²) in [4.78, 5) is 2.20. The van der Waals surface area contributed by atoms with E-state index in [1.54, 1.807) is 0 Å². The summed E-state index contributed by atoms with van der Waals surface area (Å²) >= 11 is 4.25. The van der Waals surface area contributed by atoms with E-state index in [2.05, 4.69) is 37.6 Å². The molecule has 17 heavy (non-hydrogen) atoms. The van der Waals surface area contributed by atoms with Gasteiger partial charge in [-0.15, -0.1) is 0 Å². The molecule has 0 saturated carbocycles. The number of thiol groups is 1. The second-order valence-corrected chi connectivity index (χ2v) is 4.94. The molecule has 0 heterocycles. The largest absolute Gasteiger partial charge is 0.375 e. The standard InChI is InChI=1S/C14H20N2S/c1-12(7-9-17)6-8-16(2)14-5-3-4-13(10-14)11-15/h3-5,10,12,17H,6-9H2,1-2H3. The second kappa shape index (κ2) is 7.24. The molecule has 1 rings (SSSR count). The maximum Gasteiger partial charge on any atom is 0.0992 e. The molecule has 0 bridgehead atoms. The summed E-state index contributed by atoms with van der Waals surface area (Å²) in [7, 11) is 2.07. The van der Waals surface area contributed by atoms with Crippen molar-refractivity contribution in [3.63, 3.8) is 0 Å². The molecule has 0 aliphatic heterocycles. The summed E-state index contributed by atoms with van der Waals surface area (Å²) in [6.07, 6.45) is 2.32. The van der Waals surface area contributed by atoms with Gasteiger partial charge in [0.05, 0.1) is 11.6 Å². The van der Waals surface area contributed by atoms with Gasteiger partial charge < -0.3 is 4.90 Å². The van der Waals surface area contributed by atoms with Crippen LogP contribution in [0.4, 0.5) is 5.69 Å². The Morgan fingerprint density at radius 3 is 2.82 bits per heavy atom. The normalized spacial score (nSPS) is 11.9. The topological polar surface area (TPSA) is 27.0 Å². The van der Waals surface area contributed by atoms with Gasteiger partial charge >= 0.3 is 0 Å². The smallest absolute Gasteiger partial charge is 0.0992 e. The van der Waals surface area contributed by atoms with E-state index < -0.39 is 0 Å². The highest BCUT2D eigenvalue weighted by Gasteiger charge is 2.05. The molecule has 0 spiro atoms. The molecule has 0 amide bonds. The van der Waals surface area contributed by atoms with Crippen molar-refractivity contribution in [2.45, 2.75) is 19.8 Å². The highest BCUT2D eigenvalue weighted by atomic mass is 32.1. The summed E-state index contributed by atoms with van der Waals surface area (Å²) in [5.41, 5.74) is 1.83. The highest BCUT2D eigenvalue weighted by Crippen LogP contribution is 2.16. The van der Waals surface area contributed by atoms with Gasteiger partial charge in [-0.05, 0) is 42.7 Å². The molecule has 0 aliphatic carbocycles. The van der Waals surface area contributed by atoms with Gasteiger partial charge in [-0.1, -0.05) is 13.0 Å². The Bertz CT molecular complexity index is 384. The first kappa shape index (κ1) is 13.9. The third-order valence-corrected chi connectivity index (χ3v) is 3.25. The molecule has 0 radical (unpaired) electrons. The Balaban J connectivity index is 2.52. The lowest BCUT2D eigenvalue weighted by molar-refractivity contribution is 0.522. The molecular weight excluding hydrogens is 228 g/mol. The quantitative estimate of drug-likeness (QED) is 0.782. The van der Waals surface area contributed by atoms with E-state index in [9.17, 15) is 0 Å². The van der Waals surface area contributed by atoms with Crippen LogP contribution in [0.5, 0.6) is 0 Å². The van der Waals surface area contributed by atoms with Gasteiger partial charge in [0.1, 0.15) is 0 Å². The van der Waals surface area contributed by atoms with Gasteiger partial charge in [-0.3, -0.25) is 0 Å². The van der Waals surface area contributed by atoms with Gasteiger partial charge in [0.25, 0.3) is 0 Å². The predicted molar refractivity (Wildman–Crippen MR) is 76.7 cm³/mol. The number of nitriles is 1. The van der Waals surface area contributed by atoms with Crippen LogP contribution in [-0.4, -0.2) is 19.3 Å². The minimum absolute atomic E-state index is 0.703. The first-order valence-electron chi connectivity index (χ1n) is 5.99. The molecular formula is C14H20N2S. The fourth-order valence-electron chi connectivity index (χ4n) is 1.72. The number of benzene rings is 1. The van der Waals surface area contributed by atoms with Gasteiger partial charge in [0.15, 0.2) is 0 Å². The number of anilines is 1. The van der Waals surface area contributed by atoms with Crippen molar-refractivity contribution in [2.24, 2.45) is 5.92 Å². The highest BCUT2D eigenvalue weighted by molar-refractivity contribution is 7.80. The van der Waals surface area contributed by atoms with Crippen molar-refractivity contribution in [1.82, 2.24) is 0 Å². The van der Waals surface area contributed by atoms with E-state index in [1.165, 1.54) is 0 Å². The van der Waals surface area contributed by atoms with Crippen LogP contribution >= 0.6 is 12.6 Å². The van der Waals surface area contributed by atoms with E-state index in [1.807, 2.05) is 24.3 Å². The van der Waals surface area contributed by atoms with E-state index in [0.29, 0.717) is 5.92 Å². The van der Waals surface area contributed by atoms with Gasteiger partial charge in [-0.25, -0.2) is 0 Å². The van der Waals surface area contributed by atoms with E-state index in [4.69, 9.17) is 5.26 Å². The van der Waals surface area contributed by atoms with Crippen molar-refractivity contribution >= 4 is 18.3 Å². The summed E-state index contributed by atoms with van der Waals surface area (Å²) < 4.78 is 0. The summed E-state index contributed by atoms with van der Waals surface area (Å²) in [5.74, 6) is 1.66. The zero-order chi connectivity index (χ0) is 12.7. The second-order valence-electron chi connectivity index (χ2n) is 4.49. The Morgan fingerprint density at radius 1 is 1.41 bits per heavy atom. The first-order valence-corrected chi connectivity index (χ1v) is 6.62. The van der Waals surface area contributed by atoms with Crippen LogP contribution < -0.4 is 4.90 Å². The van der Waals surface area contributed by atoms with Crippen molar-refractivity contribution in [2.75, 3.05) is 24.2 Å². The molecule has 0 fully saturated rings. The number of hydrogen-bond donors (Lipinski definition) is 1. The average Bonchev–Trinajstić information content (AvgIpc) is 2.36. The number of rotatable bonds is 6. The van der Waals surface area contributed by atoms with Crippen LogP contribution in [0.1, 0.15) is 25.3 Å². The monoisotopic (exact) mass is 248 g/mol. The van der Waals surface area contributed by atoms with E-state index >= 15 is 0 Å². The summed E-state index contributed by atoms with van der Waals surface area (Å²) in [6, 6.07) is 9.92. The lowest BCUT2D eigenvalue weighted by Gasteiger charge is -2.21. The predicted octanol–water partition coefficient (Wildman–Crippen LogP) is 3.34. The minimum Gasteiger partial charge on any atom is -0.375 e. The molecule has 0 N–H and O–H groups in total. The maximum atomic E-state index is 8.85. The van der Waals surface area contributed by atoms with Crippen molar-refractivity contribution < 1.29 is 0 Å². The summed E-state index contributed by atoms with van der Waals surface area (Å²) in [5, 5.41) is 8.85. The Kier molecular flexibility index (Phi) is 5.93. The average molecular weight is 248 g/mol. The molecule has 1 aromatic carbocycles. The van der Waals surface area contributed by atoms with Crippen LogP contribution in [0.3, 0.4) is 0 Å². The van der Waals surface area contributed by atoms with Crippen LogP contribution in [0.2, 0.25) is 0 Å². The summed E-state index contributed by atoms with van der Waals surface area (Å²) in [6.45, 7) is 3.28. The SMILES string of the molecule is CC(CCS)CCN(C)c1cccc(C#N)c1.